The number of benzene rings is 1. The number of hydrogen-bond acceptors (Lipinski definition) is 5. The van der Waals surface area contributed by atoms with E-state index in [4.69, 9.17) is 0 Å². The lowest BCUT2D eigenvalue weighted by Gasteiger charge is -2.30. The number of aromatic amines is 1. The van der Waals surface area contributed by atoms with E-state index in [0.717, 1.165) is 29.7 Å². The fourth-order valence-electron chi connectivity index (χ4n) is 4.36. The lowest BCUT2D eigenvalue weighted by Crippen LogP contribution is -2.40. The summed E-state index contributed by atoms with van der Waals surface area (Å²) < 4.78 is 41.8. The van der Waals surface area contributed by atoms with Crippen LogP contribution in [0.3, 0.4) is 0 Å². The van der Waals surface area contributed by atoms with Crippen molar-refractivity contribution in [2.45, 2.75) is 23.8 Å². The Balaban J connectivity index is 1.49. The van der Waals surface area contributed by atoms with Gasteiger partial charge in [0.2, 0.25) is 10.0 Å². The maximum atomic E-state index is 14.2. The van der Waals surface area contributed by atoms with Crippen molar-refractivity contribution in [1.29, 1.82) is 0 Å². The minimum atomic E-state index is -3.89. The summed E-state index contributed by atoms with van der Waals surface area (Å²) in [6, 6.07) is 7.45. The number of halogens is 1. The van der Waals surface area contributed by atoms with Gasteiger partial charge in [0.1, 0.15) is 28.5 Å². The highest BCUT2D eigenvalue weighted by atomic mass is 32.2. The van der Waals surface area contributed by atoms with Crippen LogP contribution in [0.4, 0.5) is 10.2 Å². The summed E-state index contributed by atoms with van der Waals surface area (Å²) in [5, 5.41) is 0.899. The van der Waals surface area contributed by atoms with Gasteiger partial charge in [-0.15, -0.1) is 0 Å². The molecular weight excluding hydrogens is 381 g/mol. The molecule has 1 spiro atoms. The van der Waals surface area contributed by atoms with E-state index in [9.17, 15) is 12.8 Å². The Hall–Kier alpha value is -2.52. The van der Waals surface area contributed by atoms with Gasteiger partial charge in [0.25, 0.3) is 0 Å². The van der Waals surface area contributed by atoms with Gasteiger partial charge in [-0.1, -0.05) is 12.1 Å². The van der Waals surface area contributed by atoms with Crippen LogP contribution in [0.5, 0.6) is 0 Å². The molecule has 2 aliphatic rings. The average molecular weight is 401 g/mol. The van der Waals surface area contributed by atoms with Gasteiger partial charge in [-0.25, -0.2) is 22.8 Å². The molecule has 1 atom stereocenters. The van der Waals surface area contributed by atoms with Gasteiger partial charge >= 0.3 is 0 Å². The average Bonchev–Trinajstić information content (AvgIpc) is 3.12. The van der Waals surface area contributed by atoms with Crippen LogP contribution in [0.15, 0.2) is 47.8 Å². The quantitative estimate of drug-likeness (QED) is 0.726. The van der Waals surface area contributed by atoms with Crippen LogP contribution in [0, 0.1) is 11.2 Å². The zero-order chi connectivity index (χ0) is 19.5. The minimum Gasteiger partial charge on any atom is -0.354 e. The van der Waals surface area contributed by atoms with E-state index >= 15 is 0 Å². The first-order chi connectivity index (χ1) is 13.4. The summed E-state index contributed by atoms with van der Waals surface area (Å²) in [6.07, 6.45) is 5.22. The SMILES string of the molecule is CN(c1ncnc2[nH]ccc12)[C@H]1CN(S(=O)(=O)c2ccccc2F)CC12CC2. The number of hydrogen-bond donors (Lipinski definition) is 1. The van der Waals surface area contributed by atoms with E-state index in [0.29, 0.717) is 13.1 Å². The van der Waals surface area contributed by atoms with E-state index in [1.54, 1.807) is 6.07 Å². The molecule has 146 valence electrons. The monoisotopic (exact) mass is 401 g/mol. The van der Waals surface area contributed by atoms with Crippen molar-refractivity contribution in [1.82, 2.24) is 19.3 Å². The molecule has 2 fully saturated rings. The Kier molecular flexibility index (Phi) is 3.76. The Labute approximate surface area is 162 Å². The molecule has 2 aromatic heterocycles. The van der Waals surface area contributed by atoms with Gasteiger partial charge in [0, 0.05) is 31.7 Å². The number of anilines is 1. The minimum absolute atomic E-state index is 0.0259. The molecule has 0 bridgehead atoms. The molecule has 3 heterocycles. The second kappa shape index (κ2) is 5.99. The fourth-order valence-corrected chi connectivity index (χ4v) is 5.96. The van der Waals surface area contributed by atoms with Crippen LogP contribution in [0.1, 0.15) is 12.8 Å². The molecule has 1 saturated heterocycles. The molecule has 9 heteroatoms. The van der Waals surface area contributed by atoms with Crippen molar-refractivity contribution in [3.05, 3.63) is 48.7 Å². The highest BCUT2D eigenvalue weighted by molar-refractivity contribution is 7.89. The molecule has 28 heavy (non-hydrogen) atoms. The second-order valence-corrected chi connectivity index (χ2v) is 9.56. The molecule has 1 N–H and O–H groups in total. The van der Waals surface area contributed by atoms with Crippen molar-refractivity contribution >= 4 is 26.9 Å². The molecule has 1 aliphatic heterocycles. The summed E-state index contributed by atoms with van der Waals surface area (Å²) in [5.74, 6) is 0.0571. The van der Waals surface area contributed by atoms with Crippen LogP contribution < -0.4 is 4.90 Å². The second-order valence-electron chi connectivity index (χ2n) is 7.65. The number of H-pyrrole nitrogens is 1. The predicted octanol–water partition coefficient (Wildman–Crippen LogP) is 2.39. The number of likely N-dealkylation sites (N-methyl/N-ethyl adjacent to an activating group) is 1. The third kappa shape index (κ3) is 2.53. The lowest BCUT2D eigenvalue weighted by atomic mass is 9.99. The van der Waals surface area contributed by atoms with E-state index in [1.165, 1.54) is 28.8 Å². The third-order valence-corrected chi connectivity index (χ3v) is 7.90. The molecule has 0 amide bonds. The first kappa shape index (κ1) is 17.6. The standard InChI is InChI=1S/C19H20FN5O2S/c1-24(18-13-6-9-21-17(13)22-12-23-18)16-10-25(11-19(16)7-8-19)28(26,27)15-5-3-2-4-14(15)20/h2-6,9,12,16H,7-8,10-11H2,1H3,(H,21,22,23)/t16-/m0/s1. The largest absolute Gasteiger partial charge is 0.354 e. The van der Waals surface area contributed by atoms with E-state index < -0.39 is 15.8 Å². The van der Waals surface area contributed by atoms with Gasteiger partial charge in [-0.05, 0) is 31.0 Å². The van der Waals surface area contributed by atoms with Gasteiger partial charge in [-0.3, -0.25) is 0 Å². The number of aromatic nitrogens is 3. The van der Waals surface area contributed by atoms with Crippen molar-refractivity contribution in [3.8, 4) is 0 Å². The third-order valence-electron chi connectivity index (χ3n) is 6.06. The van der Waals surface area contributed by atoms with Crippen LogP contribution in [-0.4, -0.2) is 53.9 Å². The predicted molar refractivity (Wildman–Crippen MR) is 103 cm³/mol. The van der Waals surface area contributed by atoms with Crippen LogP contribution in [-0.2, 0) is 10.0 Å². The molecular formula is C19H20FN5O2S. The van der Waals surface area contributed by atoms with E-state index in [-0.39, 0.29) is 16.4 Å². The van der Waals surface area contributed by atoms with Crippen LogP contribution in [0.2, 0.25) is 0 Å². The molecule has 3 aromatic rings. The highest BCUT2D eigenvalue weighted by Gasteiger charge is 2.59. The summed E-state index contributed by atoms with van der Waals surface area (Å²) in [6.45, 7) is 0.711. The van der Waals surface area contributed by atoms with Gasteiger partial charge in [-0.2, -0.15) is 4.31 Å². The van der Waals surface area contributed by atoms with Gasteiger partial charge in [0.15, 0.2) is 0 Å². The molecule has 7 nitrogen and oxygen atoms in total. The molecule has 5 rings (SSSR count). The number of fused-ring (bicyclic) bond motifs is 1. The maximum Gasteiger partial charge on any atom is 0.246 e. The summed E-state index contributed by atoms with van der Waals surface area (Å²) >= 11 is 0. The highest BCUT2D eigenvalue weighted by Crippen LogP contribution is 2.55. The molecule has 1 aromatic carbocycles. The van der Waals surface area contributed by atoms with Crippen LogP contribution >= 0.6 is 0 Å². The van der Waals surface area contributed by atoms with Gasteiger partial charge in [0.05, 0.1) is 11.4 Å². The van der Waals surface area contributed by atoms with E-state index in [2.05, 4.69) is 19.9 Å². The number of rotatable bonds is 4. The smallest absolute Gasteiger partial charge is 0.246 e. The Bertz CT molecular complexity index is 1160. The maximum absolute atomic E-state index is 14.2. The summed E-state index contributed by atoms with van der Waals surface area (Å²) in [5.41, 5.74) is 0.635. The fraction of sp³-hybridized carbons (Fsp3) is 0.368. The van der Waals surface area contributed by atoms with E-state index in [1.807, 2.05) is 19.3 Å². The van der Waals surface area contributed by atoms with Crippen molar-refractivity contribution in [2.24, 2.45) is 5.41 Å². The first-order valence-corrected chi connectivity index (χ1v) is 10.6. The Morgan fingerprint density at radius 2 is 2.04 bits per heavy atom. The molecule has 1 aliphatic carbocycles. The summed E-state index contributed by atoms with van der Waals surface area (Å²) in [7, 11) is -1.94. The van der Waals surface area contributed by atoms with Crippen molar-refractivity contribution in [2.75, 3.05) is 25.0 Å². The first-order valence-electron chi connectivity index (χ1n) is 9.18. The van der Waals surface area contributed by atoms with Crippen molar-refractivity contribution in [3.63, 3.8) is 0 Å². The van der Waals surface area contributed by atoms with Gasteiger partial charge < -0.3 is 9.88 Å². The zero-order valence-corrected chi connectivity index (χ0v) is 16.2. The lowest BCUT2D eigenvalue weighted by molar-refractivity contribution is 0.442. The number of nitrogens with one attached hydrogen (secondary N) is 1. The van der Waals surface area contributed by atoms with Crippen molar-refractivity contribution < 1.29 is 12.8 Å². The van der Waals surface area contributed by atoms with Crippen LogP contribution in [0.25, 0.3) is 11.0 Å². The normalized spacial score (nSPS) is 21.4. The molecule has 0 radical (unpaired) electrons. The Morgan fingerprint density at radius 3 is 2.79 bits per heavy atom. The zero-order valence-electron chi connectivity index (χ0n) is 15.3. The summed E-state index contributed by atoms with van der Waals surface area (Å²) in [4.78, 5) is 13.5. The number of sulfonamides is 1. The number of nitrogens with zero attached hydrogens (tertiary/aromatic N) is 4. The molecule has 1 saturated carbocycles. The Morgan fingerprint density at radius 1 is 1.25 bits per heavy atom. The topological polar surface area (TPSA) is 82.2 Å². The molecule has 0 unspecified atom stereocenters.